The third-order valence-corrected chi connectivity index (χ3v) is 6.54. The van der Waals surface area contributed by atoms with Crippen molar-refractivity contribution in [3.8, 4) is 0 Å². The number of amides is 1. The average molecular weight is 395 g/mol. The van der Waals surface area contributed by atoms with E-state index < -0.39 is 10.0 Å². The number of rotatable bonds is 6. The fraction of sp³-hybridized carbons (Fsp3) is 0.316. The zero-order valence-electron chi connectivity index (χ0n) is 15.3. The van der Waals surface area contributed by atoms with E-state index in [0.717, 1.165) is 5.56 Å². The first kappa shape index (κ1) is 20.4. The highest BCUT2D eigenvalue weighted by Crippen LogP contribution is 2.24. The first-order valence-corrected chi connectivity index (χ1v) is 10.0. The second-order valence-electron chi connectivity index (χ2n) is 6.40. The average Bonchev–Trinajstić information content (AvgIpc) is 2.61. The molecule has 2 rings (SSSR count). The van der Waals surface area contributed by atoms with Gasteiger partial charge in [-0.1, -0.05) is 41.9 Å². The summed E-state index contributed by atoms with van der Waals surface area (Å²) in [7, 11) is -0.520. The van der Waals surface area contributed by atoms with Crippen LogP contribution in [0.4, 0.5) is 0 Å². The standard InChI is InChI=1S/C19H23ClN2O3S/c1-14(2)22(4)26(24,25)16-10-11-18(20)17(12-16)19(23)21(3)13-15-8-6-5-7-9-15/h5-12,14H,13H2,1-4H3. The first-order chi connectivity index (χ1) is 12.1. The Balaban J connectivity index is 2.33. The van der Waals surface area contributed by atoms with Gasteiger partial charge in [0.2, 0.25) is 10.0 Å². The normalized spacial score (nSPS) is 11.8. The van der Waals surface area contributed by atoms with Crippen molar-refractivity contribution >= 4 is 27.5 Å². The highest BCUT2D eigenvalue weighted by atomic mass is 35.5. The molecule has 5 nitrogen and oxygen atoms in total. The number of carbonyl (C=O) groups is 1. The summed E-state index contributed by atoms with van der Waals surface area (Å²) >= 11 is 6.17. The predicted molar refractivity (Wildman–Crippen MR) is 104 cm³/mol. The van der Waals surface area contributed by atoms with Crippen molar-refractivity contribution in [1.29, 1.82) is 0 Å². The molecule has 0 saturated heterocycles. The van der Waals surface area contributed by atoms with Crippen LogP contribution in [0.5, 0.6) is 0 Å². The monoisotopic (exact) mass is 394 g/mol. The molecule has 1 amide bonds. The number of benzene rings is 2. The molecule has 140 valence electrons. The van der Waals surface area contributed by atoms with Gasteiger partial charge in [-0.25, -0.2) is 8.42 Å². The Morgan fingerprint density at radius 2 is 1.69 bits per heavy atom. The summed E-state index contributed by atoms with van der Waals surface area (Å²) in [4.78, 5) is 14.3. The Labute approximate surface area is 160 Å². The van der Waals surface area contributed by atoms with E-state index in [-0.39, 0.29) is 27.4 Å². The van der Waals surface area contributed by atoms with Gasteiger partial charge in [-0.2, -0.15) is 4.31 Å². The van der Waals surface area contributed by atoms with E-state index >= 15 is 0 Å². The third-order valence-electron chi connectivity index (χ3n) is 4.18. The van der Waals surface area contributed by atoms with Gasteiger partial charge >= 0.3 is 0 Å². The smallest absolute Gasteiger partial charge is 0.255 e. The van der Waals surface area contributed by atoms with Crippen LogP contribution in [0.15, 0.2) is 53.4 Å². The maximum absolute atomic E-state index is 12.8. The van der Waals surface area contributed by atoms with Crippen LogP contribution in [0, 0.1) is 0 Å². The summed E-state index contributed by atoms with van der Waals surface area (Å²) in [5.74, 6) is -0.330. The molecule has 0 atom stereocenters. The van der Waals surface area contributed by atoms with E-state index in [9.17, 15) is 13.2 Å². The van der Waals surface area contributed by atoms with Crippen molar-refractivity contribution in [2.24, 2.45) is 0 Å². The minimum absolute atomic E-state index is 0.0505. The molecule has 0 aliphatic rings. The van der Waals surface area contributed by atoms with E-state index in [1.807, 2.05) is 30.3 Å². The molecule has 0 unspecified atom stereocenters. The Bertz CT molecular complexity index is 883. The second-order valence-corrected chi connectivity index (χ2v) is 8.81. The molecule has 0 spiro atoms. The maximum atomic E-state index is 12.8. The van der Waals surface area contributed by atoms with E-state index in [0.29, 0.717) is 6.54 Å². The zero-order valence-corrected chi connectivity index (χ0v) is 16.9. The summed E-state index contributed by atoms with van der Waals surface area (Å²) in [5, 5.41) is 0.223. The zero-order chi connectivity index (χ0) is 19.5. The molecule has 0 heterocycles. The highest BCUT2D eigenvalue weighted by molar-refractivity contribution is 7.89. The second kappa shape index (κ2) is 8.20. The van der Waals surface area contributed by atoms with Crippen LogP contribution in [0.1, 0.15) is 29.8 Å². The summed E-state index contributed by atoms with van der Waals surface area (Å²) in [6.45, 7) is 3.97. The fourth-order valence-corrected chi connectivity index (χ4v) is 4.00. The van der Waals surface area contributed by atoms with Crippen molar-refractivity contribution in [3.63, 3.8) is 0 Å². The predicted octanol–water partition coefficient (Wildman–Crippen LogP) is 3.64. The Morgan fingerprint density at radius 1 is 1.08 bits per heavy atom. The number of carbonyl (C=O) groups excluding carboxylic acids is 1. The highest BCUT2D eigenvalue weighted by Gasteiger charge is 2.25. The molecule has 7 heteroatoms. The van der Waals surface area contributed by atoms with Gasteiger partial charge in [-0.05, 0) is 37.6 Å². The van der Waals surface area contributed by atoms with E-state index in [2.05, 4.69) is 0 Å². The molecule has 0 N–H and O–H groups in total. The third kappa shape index (κ3) is 4.44. The Hall–Kier alpha value is -1.89. The molecule has 0 saturated carbocycles. The van der Waals surface area contributed by atoms with Crippen molar-refractivity contribution in [2.45, 2.75) is 31.3 Å². The van der Waals surface area contributed by atoms with Crippen molar-refractivity contribution < 1.29 is 13.2 Å². The minimum atomic E-state index is -3.69. The van der Waals surface area contributed by atoms with Crippen molar-refractivity contribution in [1.82, 2.24) is 9.21 Å². The molecule has 0 aliphatic carbocycles. The largest absolute Gasteiger partial charge is 0.337 e. The fourth-order valence-electron chi connectivity index (χ4n) is 2.41. The quantitative estimate of drug-likeness (QED) is 0.751. The summed E-state index contributed by atoms with van der Waals surface area (Å²) in [5.41, 5.74) is 1.14. The molecule has 0 aliphatic heterocycles. The molecule has 0 bridgehead atoms. The van der Waals surface area contributed by atoms with Gasteiger partial charge in [0.25, 0.3) is 5.91 Å². The summed E-state index contributed by atoms with van der Waals surface area (Å²) < 4.78 is 26.6. The first-order valence-electron chi connectivity index (χ1n) is 8.21. The molecule has 2 aromatic rings. The SMILES string of the molecule is CC(C)N(C)S(=O)(=O)c1ccc(Cl)c(C(=O)N(C)Cc2ccccc2)c1. The van der Waals surface area contributed by atoms with Crippen LogP contribution in [-0.2, 0) is 16.6 Å². The van der Waals surface area contributed by atoms with Gasteiger partial charge in [0.1, 0.15) is 0 Å². The Morgan fingerprint density at radius 3 is 2.27 bits per heavy atom. The molecule has 0 aromatic heterocycles. The van der Waals surface area contributed by atoms with Gasteiger partial charge in [0.15, 0.2) is 0 Å². The van der Waals surface area contributed by atoms with Crippen LogP contribution in [0.3, 0.4) is 0 Å². The van der Waals surface area contributed by atoms with Crippen LogP contribution in [-0.4, -0.2) is 43.7 Å². The van der Waals surface area contributed by atoms with Crippen molar-refractivity contribution in [3.05, 3.63) is 64.7 Å². The van der Waals surface area contributed by atoms with Crippen LogP contribution in [0.25, 0.3) is 0 Å². The van der Waals surface area contributed by atoms with Gasteiger partial charge in [-0.3, -0.25) is 4.79 Å². The maximum Gasteiger partial charge on any atom is 0.255 e. The van der Waals surface area contributed by atoms with Crippen LogP contribution in [0.2, 0.25) is 5.02 Å². The van der Waals surface area contributed by atoms with Gasteiger partial charge in [0.05, 0.1) is 15.5 Å². The molecule has 0 fully saturated rings. The topological polar surface area (TPSA) is 57.7 Å². The molecule has 0 radical (unpaired) electrons. The minimum Gasteiger partial charge on any atom is -0.337 e. The van der Waals surface area contributed by atoms with Crippen LogP contribution >= 0.6 is 11.6 Å². The number of nitrogens with zero attached hydrogens (tertiary/aromatic N) is 2. The van der Waals surface area contributed by atoms with E-state index in [1.54, 1.807) is 20.9 Å². The Kier molecular flexibility index (Phi) is 6.44. The molecule has 2 aromatic carbocycles. The van der Waals surface area contributed by atoms with Gasteiger partial charge in [0, 0.05) is 26.7 Å². The van der Waals surface area contributed by atoms with Gasteiger partial charge < -0.3 is 4.90 Å². The lowest BCUT2D eigenvalue weighted by atomic mass is 10.1. The number of hydrogen-bond donors (Lipinski definition) is 0. The van der Waals surface area contributed by atoms with E-state index in [1.165, 1.54) is 34.5 Å². The molecular weight excluding hydrogens is 372 g/mol. The lowest BCUT2D eigenvalue weighted by molar-refractivity contribution is 0.0785. The number of sulfonamides is 1. The number of hydrogen-bond acceptors (Lipinski definition) is 3. The summed E-state index contributed by atoms with van der Waals surface area (Å²) in [6.07, 6.45) is 0. The lowest BCUT2D eigenvalue weighted by Gasteiger charge is -2.22. The summed E-state index contributed by atoms with van der Waals surface area (Å²) in [6, 6.07) is 13.6. The van der Waals surface area contributed by atoms with Crippen molar-refractivity contribution in [2.75, 3.05) is 14.1 Å². The number of halogens is 1. The van der Waals surface area contributed by atoms with Gasteiger partial charge in [-0.15, -0.1) is 0 Å². The molecular formula is C19H23ClN2O3S. The van der Waals surface area contributed by atoms with E-state index in [4.69, 9.17) is 11.6 Å². The molecule has 26 heavy (non-hydrogen) atoms. The lowest BCUT2D eigenvalue weighted by Crippen LogP contribution is -2.33. The van der Waals surface area contributed by atoms with Crippen LogP contribution < -0.4 is 0 Å².